The zero-order valence-corrected chi connectivity index (χ0v) is 10.1. The Bertz CT molecular complexity index is 580. The lowest BCUT2D eigenvalue weighted by molar-refractivity contribution is 0.289. The Kier molecular flexibility index (Phi) is 3.94. The molecule has 2 rings (SSSR count). The molecule has 0 aliphatic carbocycles. The highest BCUT2D eigenvalue weighted by Crippen LogP contribution is 2.17. The molecule has 1 aromatic carbocycles. The normalized spacial score (nSPS) is 9.67. The fraction of sp³-hybridized carbons (Fsp3) is 0.231. The molecule has 0 radical (unpaired) electrons. The minimum absolute atomic E-state index is 0.331. The first-order chi connectivity index (χ1) is 8.81. The zero-order chi connectivity index (χ0) is 12.8. The SMILES string of the molecule is Cn1ncnc1COc1ccccc1C#CCN. The second kappa shape index (κ2) is 5.84. The minimum atomic E-state index is 0.331. The average molecular weight is 242 g/mol. The fourth-order valence-corrected chi connectivity index (χ4v) is 1.44. The van der Waals surface area contributed by atoms with E-state index in [2.05, 4.69) is 21.9 Å². The van der Waals surface area contributed by atoms with Crippen LogP contribution in [0.25, 0.3) is 0 Å². The zero-order valence-electron chi connectivity index (χ0n) is 10.1. The number of nitrogens with zero attached hydrogens (tertiary/aromatic N) is 3. The van der Waals surface area contributed by atoms with Crippen LogP contribution in [0.5, 0.6) is 5.75 Å². The van der Waals surface area contributed by atoms with Gasteiger partial charge in [0.25, 0.3) is 0 Å². The monoisotopic (exact) mass is 242 g/mol. The molecular weight excluding hydrogens is 228 g/mol. The lowest BCUT2D eigenvalue weighted by Crippen LogP contribution is -2.05. The molecule has 0 amide bonds. The summed E-state index contributed by atoms with van der Waals surface area (Å²) in [5.74, 6) is 7.27. The molecule has 0 atom stereocenters. The Hall–Kier alpha value is -2.32. The van der Waals surface area contributed by atoms with Crippen molar-refractivity contribution in [1.29, 1.82) is 0 Å². The fourth-order valence-electron chi connectivity index (χ4n) is 1.44. The molecule has 5 nitrogen and oxygen atoms in total. The van der Waals surface area contributed by atoms with Gasteiger partial charge in [0, 0.05) is 7.05 Å². The van der Waals surface area contributed by atoms with Gasteiger partial charge in [0.05, 0.1) is 12.1 Å². The third kappa shape index (κ3) is 2.87. The molecule has 0 bridgehead atoms. The van der Waals surface area contributed by atoms with Gasteiger partial charge < -0.3 is 10.5 Å². The molecule has 18 heavy (non-hydrogen) atoms. The van der Waals surface area contributed by atoms with Gasteiger partial charge in [-0.25, -0.2) is 4.98 Å². The highest BCUT2D eigenvalue weighted by Gasteiger charge is 2.04. The van der Waals surface area contributed by atoms with Gasteiger partial charge in [-0.2, -0.15) is 5.10 Å². The molecule has 0 aliphatic heterocycles. The quantitative estimate of drug-likeness (QED) is 0.805. The maximum atomic E-state index is 5.69. The maximum absolute atomic E-state index is 5.69. The Morgan fingerprint density at radius 3 is 2.94 bits per heavy atom. The maximum Gasteiger partial charge on any atom is 0.164 e. The van der Waals surface area contributed by atoms with Gasteiger partial charge in [0.15, 0.2) is 5.82 Å². The summed E-state index contributed by atoms with van der Waals surface area (Å²) in [6, 6.07) is 7.58. The summed E-state index contributed by atoms with van der Waals surface area (Å²) >= 11 is 0. The summed E-state index contributed by atoms with van der Waals surface area (Å²) in [5, 5.41) is 3.98. The number of aromatic nitrogens is 3. The number of hydrogen-bond donors (Lipinski definition) is 1. The Morgan fingerprint density at radius 2 is 2.22 bits per heavy atom. The van der Waals surface area contributed by atoms with Crippen LogP contribution < -0.4 is 10.5 Å². The van der Waals surface area contributed by atoms with E-state index in [0.29, 0.717) is 13.2 Å². The van der Waals surface area contributed by atoms with Crippen LogP contribution in [-0.2, 0) is 13.7 Å². The molecule has 5 heteroatoms. The predicted octanol–water partition coefficient (Wildman–Crippen LogP) is 0.704. The lowest BCUT2D eigenvalue weighted by atomic mass is 10.2. The van der Waals surface area contributed by atoms with Crippen LogP contribution >= 0.6 is 0 Å². The van der Waals surface area contributed by atoms with E-state index < -0.39 is 0 Å². The second-order valence-electron chi connectivity index (χ2n) is 3.59. The first kappa shape index (κ1) is 12.1. The van der Waals surface area contributed by atoms with E-state index in [1.54, 1.807) is 4.68 Å². The van der Waals surface area contributed by atoms with Gasteiger partial charge in [0.2, 0.25) is 0 Å². The van der Waals surface area contributed by atoms with Crippen LogP contribution in [0.15, 0.2) is 30.6 Å². The molecule has 0 fully saturated rings. The topological polar surface area (TPSA) is 66.0 Å². The molecule has 0 saturated heterocycles. The summed E-state index contributed by atoms with van der Waals surface area (Å²) < 4.78 is 7.37. The molecule has 0 saturated carbocycles. The van der Waals surface area contributed by atoms with Crippen molar-refractivity contribution >= 4 is 0 Å². The molecule has 1 aromatic heterocycles. The smallest absolute Gasteiger partial charge is 0.164 e. The van der Waals surface area contributed by atoms with Gasteiger partial charge >= 0.3 is 0 Å². The van der Waals surface area contributed by atoms with E-state index in [1.807, 2.05) is 31.3 Å². The number of benzene rings is 1. The van der Waals surface area contributed by atoms with Gasteiger partial charge in [-0.3, -0.25) is 4.68 Å². The average Bonchev–Trinajstić information content (AvgIpc) is 2.80. The van der Waals surface area contributed by atoms with E-state index in [1.165, 1.54) is 6.33 Å². The van der Waals surface area contributed by atoms with Crippen LogP contribution in [0.2, 0.25) is 0 Å². The van der Waals surface area contributed by atoms with Gasteiger partial charge in [-0.15, -0.1) is 0 Å². The summed E-state index contributed by atoms with van der Waals surface area (Å²) in [5.41, 5.74) is 6.19. The Balaban J connectivity index is 2.12. The Labute approximate surface area is 106 Å². The van der Waals surface area contributed by atoms with Crippen molar-refractivity contribution in [2.45, 2.75) is 6.61 Å². The predicted molar refractivity (Wildman–Crippen MR) is 67.7 cm³/mol. The van der Waals surface area contributed by atoms with Crippen molar-refractivity contribution in [3.63, 3.8) is 0 Å². The van der Waals surface area contributed by atoms with Crippen molar-refractivity contribution in [2.75, 3.05) is 6.54 Å². The summed E-state index contributed by atoms with van der Waals surface area (Å²) in [6.07, 6.45) is 1.50. The molecule has 2 N–H and O–H groups in total. The number of hydrogen-bond acceptors (Lipinski definition) is 4. The Morgan fingerprint density at radius 1 is 1.39 bits per heavy atom. The molecule has 92 valence electrons. The van der Waals surface area contributed by atoms with Gasteiger partial charge in [-0.05, 0) is 12.1 Å². The minimum Gasteiger partial charge on any atom is -0.484 e. The van der Waals surface area contributed by atoms with E-state index in [0.717, 1.165) is 17.1 Å². The number of rotatable bonds is 3. The van der Waals surface area contributed by atoms with Crippen molar-refractivity contribution in [1.82, 2.24) is 14.8 Å². The molecule has 2 aromatic rings. The van der Waals surface area contributed by atoms with E-state index >= 15 is 0 Å². The summed E-state index contributed by atoms with van der Waals surface area (Å²) in [6.45, 7) is 0.690. The van der Waals surface area contributed by atoms with Crippen LogP contribution in [0.1, 0.15) is 11.4 Å². The number of ether oxygens (including phenoxy) is 1. The van der Waals surface area contributed by atoms with Crippen molar-refractivity contribution in [3.05, 3.63) is 42.0 Å². The first-order valence-corrected chi connectivity index (χ1v) is 5.55. The largest absolute Gasteiger partial charge is 0.484 e. The molecule has 0 unspecified atom stereocenters. The summed E-state index contributed by atoms with van der Waals surface area (Å²) in [4.78, 5) is 4.09. The van der Waals surface area contributed by atoms with E-state index in [4.69, 9.17) is 10.5 Å². The number of aryl methyl sites for hydroxylation is 1. The van der Waals surface area contributed by atoms with Crippen molar-refractivity contribution in [3.8, 4) is 17.6 Å². The molecule has 0 spiro atoms. The first-order valence-electron chi connectivity index (χ1n) is 5.55. The van der Waals surface area contributed by atoms with Gasteiger partial charge in [-0.1, -0.05) is 24.0 Å². The molecule has 1 heterocycles. The highest BCUT2D eigenvalue weighted by atomic mass is 16.5. The third-order valence-electron chi connectivity index (χ3n) is 2.37. The second-order valence-corrected chi connectivity index (χ2v) is 3.59. The van der Waals surface area contributed by atoms with Crippen molar-refractivity contribution in [2.24, 2.45) is 12.8 Å². The number of para-hydroxylation sites is 1. The molecular formula is C13H14N4O. The lowest BCUT2D eigenvalue weighted by Gasteiger charge is -2.07. The van der Waals surface area contributed by atoms with E-state index in [-0.39, 0.29) is 0 Å². The number of nitrogens with two attached hydrogens (primary N) is 1. The van der Waals surface area contributed by atoms with Crippen molar-refractivity contribution < 1.29 is 4.74 Å². The highest BCUT2D eigenvalue weighted by molar-refractivity contribution is 5.45. The standard InChI is InChI=1S/C13H14N4O/c1-17-13(15-10-16-17)9-18-12-7-3-2-5-11(12)6-4-8-14/h2-3,5,7,10H,8-9,14H2,1H3. The van der Waals surface area contributed by atoms with Gasteiger partial charge in [0.1, 0.15) is 18.7 Å². The van der Waals surface area contributed by atoms with Crippen LogP contribution in [0.4, 0.5) is 0 Å². The molecule has 0 aliphatic rings. The summed E-state index contributed by atoms with van der Waals surface area (Å²) in [7, 11) is 1.83. The van der Waals surface area contributed by atoms with Crippen LogP contribution in [-0.4, -0.2) is 21.3 Å². The van der Waals surface area contributed by atoms with Crippen LogP contribution in [0, 0.1) is 11.8 Å². The van der Waals surface area contributed by atoms with Crippen LogP contribution in [0.3, 0.4) is 0 Å². The van der Waals surface area contributed by atoms with E-state index in [9.17, 15) is 0 Å². The third-order valence-corrected chi connectivity index (χ3v) is 2.37.